The summed E-state index contributed by atoms with van der Waals surface area (Å²) in [6.45, 7) is 4.05. The van der Waals surface area contributed by atoms with E-state index in [0.29, 0.717) is 6.10 Å². The fourth-order valence-corrected chi connectivity index (χ4v) is 1.69. The molecule has 1 aliphatic rings. The van der Waals surface area contributed by atoms with Crippen LogP contribution in [0.4, 0.5) is 0 Å². The van der Waals surface area contributed by atoms with Gasteiger partial charge in [-0.25, -0.2) is 0 Å². The summed E-state index contributed by atoms with van der Waals surface area (Å²) in [6.07, 6.45) is 4.44. The second-order valence-corrected chi connectivity index (χ2v) is 3.67. The third-order valence-electron chi connectivity index (χ3n) is 2.50. The molecule has 2 rings (SSSR count). The van der Waals surface area contributed by atoms with Crippen molar-refractivity contribution >= 4 is 0 Å². The Morgan fingerprint density at radius 2 is 2.50 bits per heavy atom. The quantitative estimate of drug-likeness (QED) is 0.771. The van der Waals surface area contributed by atoms with E-state index in [9.17, 15) is 0 Å². The molecule has 3 heteroatoms. The highest BCUT2D eigenvalue weighted by Gasteiger charge is 2.14. The van der Waals surface area contributed by atoms with Crippen LogP contribution < -0.4 is 10.1 Å². The normalized spacial score (nSPS) is 21.9. The Morgan fingerprint density at radius 1 is 1.57 bits per heavy atom. The molecule has 1 aromatic rings. The van der Waals surface area contributed by atoms with Crippen LogP contribution in [-0.4, -0.2) is 24.2 Å². The van der Waals surface area contributed by atoms with Gasteiger partial charge in [0.1, 0.15) is 11.9 Å². The zero-order valence-electron chi connectivity index (χ0n) is 8.49. The molecule has 0 aromatic carbocycles. The van der Waals surface area contributed by atoms with Crippen LogP contribution in [-0.2, 0) is 0 Å². The van der Waals surface area contributed by atoms with Crippen LogP contribution in [0.5, 0.6) is 5.75 Å². The molecule has 1 N–H and O–H groups in total. The van der Waals surface area contributed by atoms with E-state index in [1.54, 1.807) is 6.20 Å². The lowest BCUT2D eigenvalue weighted by Crippen LogP contribution is -2.37. The predicted molar refractivity (Wildman–Crippen MR) is 55.5 cm³/mol. The summed E-state index contributed by atoms with van der Waals surface area (Å²) >= 11 is 0. The number of rotatable bonds is 2. The second kappa shape index (κ2) is 4.42. The fourth-order valence-electron chi connectivity index (χ4n) is 1.69. The fraction of sp³-hybridized carbons (Fsp3) is 0.545. The van der Waals surface area contributed by atoms with Crippen molar-refractivity contribution in [2.75, 3.05) is 13.1 Å². The molecule has 1 fully saturated rings. The number of ether oxygens (including phenoxy) is 1. The largest absolute Gasteiger partial charge is 0.487 e. The van der Waals surface area contributed by atoms with Gasteiger partial charge in [-0.1, -0.05) is 0 Å². The minimum absolute atomic E-state index is 0.312. The first-order valence-corrected chi connectivity index (χ1v) is 5.15. The van der Waals surface area contributed by atoms with Crippen molar-refractivity contribution < 1.29 is 4.74 Å². The standard InChI is InChI=1S/C11H16N2O/c1-9-11(5-3-7-13-9)14-10-4-2-6-12-8-10/h3,5,7,10,12H,2,4,6,8H2,1H3. The molecule has 1 aliphatic heterocycles. The van der Waals surface area contributed by atoms with E-state index in [0.717, 1.165) is 31.0 Å². The number of aromatic nitrogens is 1. The molecule has 2 heterocycles. The van der Waals surface area contributed by atoms with Gasteiger partial charge in [0.25, 0.3) is 0 Å². The van der Waals surface area contributed by atoms with Crippen LogP contribution in [0.1, 0.15) is 18.5 Å². The molecule has 14 heavy (non-hydrogen) atoms. The Hall–Kier alpha value is -1.09. The molecule has 3 nitrogen and oxygen atoms in total. The smallest absolute Gasteiger partial charge is 0.140 e. The summed E-state index contributed by atoms with van der Waals surface area (Å²) in [5.74, 6) is 0.918. The molecule has 0 aliphatic carbocycles. The van der Waals surface area contributed by atoms with Gasteiger partial charge in [-0.15, -0.1) is 0 Å². The van der Waals surface area contributed by atoms with Crippen LogP contribution in [0.3, 0.4) is 0 Å². The summed E-state index contributed by atoms with van der Waals surface area (Å²) in [4.78, 5) is 4.20. The molecular weight excluding hydrogens is 176 g/mol. The third-order valence-corrected chi connectivity index (χ3v) is 2.50. The first-order chi connectivity index (χ1) is 6.86. The SMILES string of the molecule is Cc1ncccc1OC1CCCNC1. The van der Waals surface area contributed by atoms with Gasteiger partial charge in [0, 0.05) is 12.7 Å². The third kappa shape index (κ3) is 2.23. The van der Waals surface area contributed by atoms with Crippen molar-refractivity contribution in [3.63, 3.8) is 0 Å². The van der Waals surface area contributed by atoms with Crippen LogP contribution in [0.2, 0.25) is 0 Å². The maximum atomic E-state index is 5.86. The van der Waals surface area contributed by atoms with Crippen LogP contribution in [0.15, 0.2) is 18.3 Å². The number of hydrogen-bond donors (Lipinski definition) is 1. The second-order valence-electron chi connectivity index (χ2n) is 3.67. The van der Waals surface area contributed by atoms with Crippen molar-refractivity contribution in [3.8, 4) is 5.75 Å². The van der Waals surface area contributed by atoms with Crippen molar-refractivity contribution in [1.82, 2.24) is 10.3 Å². The van der Waals surface area contributed by atoms with Gasteiger partial charge in [0.2, 0.25) is 0 Å². The monoisotopic (exact) mass is 192 g/mol. The van der Waals surface area contributed by atoms with Gasteiger partial charge in [0.05, 0.1) is 5.69 Å². The molecule has 0 saturated carbocycles. The average Bonchev–Trinajstić information content (AvgIpc) is 2.23. The molecular formula is C11H16N2O. The van der Waals surface area contributed by atoms with Gasteiger partial charge < -0.3 is 10.1 Å². The van der Waals surface area contributed by atoms with E-state index in [1.807, 2.05) is 19.1 Å². The minimum Gasteiger partial charge on any atom is -0.487 e. The van der Waals surface area contributed by atoms with Crippen molar-refractivity contribution in [2.24, 2.45) is 0 Å². The molecule has 76 valence electrons. The van der Waals surface area contributed by atoms with E-state index >= 15 is 0 Å². The summed E-state index contributed by atoms with van der Waals surface area (Å²) in [5, 5.41) is 3.33. The Labute approximate surface area is 84.5 Å². The van der Waals surface area contributed by atoms with E-state index in [1.165, 1.54) is 6.42 Å². The first kappa shape index (κ1) is 9.46. The van der Waals surface area contributed by atoms with E-state index in [2.05, 4.69) is 10.3 Å². The predicted octanol–water partition coefficient (Wildman–Crippen LogP) is 1.52. The summed E-state index contributed by atoms with van der Waals surface area (Å²) < 4.78 is 5.86. The van der Waals surface area contributed by atoms with Gasteiger partial charge in [0.15, 0.2) is 0 Å². The molecule has 0 radical (unpaired) electrons. The molecule has 0 amide bonds. The zero-order valence-corrected chi connectivity index (χ0v) is 8.49. The maximum Gasteiger partial charge on any atom is 0.140 e. The van der Waals surface area contributed by atoms with Crippen molar-refractivity contribution in [1.29, 1.82) is 0 Å². The number of aryl methyl sites for hydroxylation is 1. The Bertz CT molecular complexity index is 295. The minimum atomic E-state index is 0.312. The number of hydrogen-bond acceptors (Lipinski definition) is 3. The molecule has 1 unspecified atom stereocenters. The molecule has 1 atom stereocenters. The Morgan fingerprint density at radius 3 is 3.21 bits per heavy atom. The van der Waals surface area contributed by atoms with Crippen LogP contribution in [0.25, 0.3) is 0 Å². The molecule has 0 spiro atoms. The lowest BCUT2D eigenvalue weighted by Gasteiger charge is -2.24. The lowest BCUT2D eigenvalue weighted by atomic mass is 10.1. The molecule has 0 bridgehead atoms. The highest BCUT2D eigenvalue weighted by Crippen LogP contribution is 2.17. The van der Waals surface area contributed by atoms with E-state index in [4.69, 9.17) is 4.74 Å². The highest BCUT2D eigenvalue weighted by molar-refractivity contribution is 5.25. The Kier molecular flexibility index (Phi) is 2.99. The average molecular weight is 192 g/mol. The number of nitrogens with one attached hydrogen (secondary N) is 1. The zero-order chi connectivity index (χ0) is 9.80. The number of pyridine rings is 1. The number of piperidine rings is 1. The van der Waals surface area contributed by atoms with Crippen molar-refractivity contribution in [2.45, 2.75) is 25.9 Å². The Balaban J connectivity index is 1.99. The first-order valence-electron chi connectivity index (χ1n) is 5.15. The summed E-state index contributed by atoms with van der Waals surface area (Å²) in [7, 11) is 0. The maximum absolute atomic E-state index is 5.86. The topological polar surface area (TPSA) is 34.1 Å². The highest BCUT2D eigenvalue weighted by atomic mass is 16.5. The van der Waals surface area contributed by atoms with Gasteiger partial charge >= 0.3 is 0 Å². The number of nitrogens with zero attached hydrogens (tertiary/aromatic N) is 1. The summed E-state index contributed by atoms with van der Waals surface area (Å²) in [6, 6.07) is 3.90. The van der Waals surface area contributed by atoms with Crippen LogP contribution in [0, 0.1) is 6.92 Å². The van der Waals surface area contributed by atoms with Gasteiger partial charge in [-0.05, 0) is 38.4 Å². The van der Waals surface area contributed by atoms with E-state index in [-0.39, 0.29) is 0 Å². The molecule has 1 saturated heterocycles. The van der Waals surface area contributed by atoms with Gasteiger partial charge in [-0.2, -0.15) is 0 Å². The van der Waals surface area contributed by atoms with Crippen molar-refractivity contribution in [3.05, 3.63) is 24.0 Å². The van der Waals surface area contributed by atoms with Gasteiger partial charge in [-0.3, -0.25) is 4.98 Å². The van der Waals surface area contributed by atoms with E-state index < -0.39 is 0 Å². The summed E-state index contributed by atoms with van der Waals surface area (Å²) in [5.41, 5.74) is 0.970. The molecule has 1 aromatic heterocycles. The lowest BCUT2D eigenvalue weighted by molar-refractivity contribution is 0.165. The van der Waals surface area contributed by atoms with Crippen LogP contribution >= 0.6 is 0 Å².